The van der Waals surface area contributed by atoms with Gasteiger partial charge in [0.25, 0.3) is 0 Å². The fourth-order valence-electron chi connectivity index (χ4n) is 3.23. The molecule has 3 rings (SSSR count). The van der Waals surface area contributed by atoms with Crippen molar-refractivity contribution >= 4 is 5.91 Å². The molecule has 27 heavy (non-hydrogen) atoms. The lowest BCUT2D eigenvalue weighted by Gasteiger charge is -2.32. The maximum absolute atomic E-state index is 12.5. The number of aromatic nitrogens is 3. The lowest BCUT2D eigenvalue weighted by Crippen LogP contribution is -2.44. The fraction of sp³-hybridized carbons (Fsp3) is 0.600. The molecule has 0 saturated carbocycles. The third-order valence-corrected chi connectivity index (χ3v) is 4.58. The molecule has 7 nitrogen and oxygen atoms in total. The van der Waals surface area contributed by atoms with Crippen molar-refractivity contribution in [2.24, 2.45) is 5.92 Å². The molecular formula is C20H28N4O3. The minimum atomic E-state index is 0.0682. The van der Waals surface area contributed by atoms with Crippen molar-refractivity contribution in [1.82, 2.24) is 20.0 Å². The summed E-state index contributed by atoms with van der Waals surface area (Å²) in [5.74, 6) is 2.00. The van der Waals surface area contributed by atoms with Crippen LogP contribution in [0.4, 0.5) is 0 Å². The molecule has 1 aliphatic heterocycles. The van der Waals surface area contributed by atoms with Gasteiger partial charge in [-0.25, -0.2) is 0 Å². The van der Waals surface area contributed by atoms with Crippen molar-refractivity contribution in [1.29, 1.82) is 0 Å². The van der Waals surface area contributed by atoms with Gasteiger partial charge in [-0.3, -0.25) is 9.78 Å². The first kappa shape index (κ1) is 19.5. The Morgan fingerprint density at radius 2 is 2.33 bits per heavy atom. The summed E-state index contributed by atoms with van der Waals surface area (Å²) in [4.78, 5) is 22.9. The van der Waals surface area contributed by atoms with Crippen LogP contribution in [0.15, 0.2) is 29.0 Å². The number of pyridine rings is 1. The van der Waals surface area contributed by atoms with Gasteiger partial charge in [-0.15, -0.1) is 0 Å². The van der Waals surface area contributed by atoms with Crippen molar-refractivity contribution in [3.63, 3.8) is 0 Å². The number of likely N-dealkylation sites (tertiary alicyclic amines) is 1. The molecule has 1 aliphatic rings. The summed E-state index contributed by atoms with van der Waals surface area (Å²) in [7, 11) is 0. The molecule has 1 saturated heterocycles. The smallest absolute Gasteiger partial charge is 0.227 e. The summed E-state index contributed by atoms with van der Waals surface area (Å²) < 4.78 is 11.2. The number of rotatable bonds is 8. The van der Waals surface area contributed by atoms with Crippen LogP contribution in [0, 0.1) is 5.92 Å². The first-order valence-corrected chi connectivity index (χ1v) is 9.70. The Labute approximate surface area is 160 Å². The topological polar surface area (TPSA) is 81.4 Å². The van der Waals surface area contributed by atoms with Crippen molar-refractivity contribution in [2.75, 3.05) is 19.7 Å². The molecule has 0 spiro atoms. The third kappa shape index (κ3) is 6.13. The summed E-state index contributed by atoms with van der Waals surface area (Å²) in [5.41, 5.74) is 0.944. The van der Waals surface area contributed by atoms with E-state index in [0.717, 1.165) is 31.4 Å². The SMILES string of the molecule is CC(C)Cc1nc(CCOC2CCCN(C(=O)Cc3cccnc3)C2)no1. The third-order valence-electron chi connectivity index (χ3n) is 4.58. The molecule has 3 heterocycles. The summed E-state index contributed by atoms with van der Waals surface area (Å²) in [6, 6.07) is 3.79. The monoisotopic (exact) mass is 372 g/mol. The first-order valence-electron chi connectivity index (χ1n) is 9.70. The van der Waals surface area contributed by atoms with Crippen LogP contribution in [-0.2, 0) is 28.8 Å². The van der Waals surface area contributed by atoms with Crippen molar-refractivity contribution in [3.8, 4) is 0 Å². The van der Waals surface area contributed by atoms with Crippen molar-refractivity contribution in [3.05, 3.63) is 41.8 Å². The maximum atomic E-state index is 12.5. The number of hydrogen-bond acceptors (Lipinski definition) is 6. The lowest BCUT2D eigenvalue weighted by atomic mass is 10.1. The minimum absolute atomic E-state index is 0.0682. The summed E-state index contributed by atoms with van der Waals surface area (Å²) in [5, 5.41) is 4.01. The number of ether oxygens (including phenoxy) is 1. The summed E-state index contributed by atoms with van der Waals surface area (Å²) in [6.07, 6.45) is 7.28. The van der Waals surface area contributed by atoms with Crippen LogP contribution in [0.25, 0.3) is 0 Å². The van der Waals surface area contributed by atoms with Gasteiger partial charge in [0, 0.05) is 38.3 Å². The van der Waals surface area contributed by atoms with Crippen molar-refractivity contribution < 1.29 is 14.1 Å². The second-order valence-electron chi connectivity index (χ2n) is 7.47. The van der Waals surface area contributed by atoms with E-state index in [1.165, 1.54) is 0 Å². The molecule has 2 aromatic heterocycles. The number of amides is 1. The molecule has 0 radical (unpaired) electrons. The van der Waals surface area contributed by atoms with Gasteiger partial charge in [0.1, 0.15) is 0 Å². The predicted molar refractivity (Wildman–Crippen MR) is 100 cm³/mol. The first-order chi connectivity index (χ1) is 13.1. The van der Waals surface area contributed by atoms with Crippen LogP contribution in [0.5, 0.6) is 0 Å². The van der Waals surface area contributed by atoms with Gasteiger partial charge >= 0.3 is 0 Å². The van der Waals surface area contributed by atoms with Crippen molar-refractivity contribution in [2.45, 2.75) is 52.1 Å². The van der Waals surface area contributed by atoms with Gasteiger partial charge in [-0.2, -0.15) is 4.98 Å². The molecule has 1 fully saturated rings. The van der Waals surface area contributed by atoms with Crippen LogP contribution < -0.4 is 0 Å². The molecule has 1 unspecified atom stereocenters. The largest absolute Gasteiger partial charge is 0.376 e. The highest BCUT2D eigenvalue weighted by molar-refractivity contribution is 5.78. The van der Waals surface area contributed by atoms with Crippen LogP contribution >= 0.6 is 0 Å². The van der Waals surface area contributed by atoms with E-state index in [-0.39, 0.29) is 12.0 Å². The molecular weight excluding hydrogens is 344 g/mol. The molecule has 7 heteroatoms. The second-order valence-corrected chi connectivity index (χ2v) is 7.47. The van der Waals surface area contributed by atoms with E-state index in [2.05, 4.69) is 29.0 Å². The highest BCUT2D eigenvalue weighted by Crippen LogP contribution is 2.15. The second kappa shape index (κ2) is 9.60. The van der Waals surface area contributed by atoms with E-state index in [1.54, 1.807) is 12.4 Å². The Morgan fingerprint density at radius 3 is 3.11 bits per heavy atom. The Kier molecular flexibility index (Phi) is 6.92. The highest BCUT2D eigenvalue weighted by atomic mass is 16.5. The quantitative estimate of drug-likeness (QED) is 0.708. The Balaban J connectivity index is 1.41. The zero-order valence-corrected chi connectivity index (χ0v) is 16.1. The van der Waals surface area contributed by atoms with Gasteiger partial charge in [0.2, 0.25) is 11.8 Å². The van der Waals surface area contributed by atoms with Gasteiger partial charge in [-0.1, -0.05) is 25.1 Å². The molecule has 146 valence electrons. The molecule has 0 N–H and O–H groups in total. The molecule has 0 aromatic carbocycles. The van der Waals surface area contributed by atoms with E-state index in [9.17, 15) is 4.79 Å². The minimum Gasteiger partial charge on any atom is -0.376 e. The zero-order valence-electron chi connectivity index (χ0n) is 16.1. The Morgan fingerprint density at radius 1 is 1.44 bits per heavy atom. The standard InChI is InChI=1S/C20H28N4O3/c1-15(2)11-19-22-18(23-27-19)7-10-26-17-6-4-9-24(14-17)20(25)12-16-5-3-8-21-13-16/h3,5,8,13,15,17H,4,6-7,9-12,14H2,1-2H3. The van der Waals surface area contributed by atoms with Gasteiger partial charge in [0.15, 0.2) is 5.82 Å². The summed E-state index contributed by atoms with van der Waals surface area (Å²) in [6.45, 7) is 6.22. The van der Waals surface area contributed by atoms with E-state index in [0.29, 0.717) is 43.6 Å². The Hall–Kier alpha value is -2.28. The number of piperidine rings is 1. The number of nitrogens with zero attached hydrogens (tertiary/aromatic N) is 4. The molecule has 0 bridgehead atoms. The van der Waals surface area contributed by atoms with Crippen LogP contribution in [0.1, 0.15) is 44.0 Å². The molecule has 0 aliphatic carbocycles. The molecule has 2 aromatic rings. The summed E-state index contributed by atoms with van der Waals surface area (Å²) >= 11 is 0. The maximum Gasteiger partial charge on any atom is 0.227 e. The zero-order chi connectivity index (χ0) is 19.1. The number of carbonyl (C=O) groups is 1. The number of hydrogen-bond donors (Lipinski definition) is 0. The molecule has 1 amide bonds. The van der Waals surface area contributed by atoms with Gasteiger partial charge in [0.05, 0.1) is 19.1 Å². The van der Waals surface area contributed by atoms with E-state index < -0.39 is 0 Å². The van der Waals surface area contributed by atoms with Crippen LogP contribution in [-0.4, -0.2) is 51.7 Å². The van der Waals surface area contributed by atoms with E-state index in [1.807, 2.05) is 17.0 Å². The van der Waals surface area contributed by atoms with Gasteiger partial charge in [-0.05, 0) is 30.4 Å². The predicted octanol–water partition coefficient (Wildman–Crippen LogP) is 2.46. The number of carbonyl (C=O) groups excluding carboxylic acids is 1. The van der Waals surface area contributed by atoms with Crippen LogP contribution in [0.2, 0.25) is 0 Å². The van der Waals surface area contributed by atoms with E-state index in [4.69, 9.17) is 9.26 Å². The fourth-order valence-corrected chi connectivity index (χ4v) is 3.23. The van der Waals surface area contributed by atoms with Crippen LogP contribution in [0.3, 0.4) is 0 Å². The average Bonchev–Trinajstić information content (AvgIpc) is 3.09. The highest BCUT2D eigenvalue weighted by Gasteiger charge is 2.24. The lowest BCUT2D eigenvalue weighted by molar-refractivity contribution is -0.134. The average molecular weight is 372 g/mol. The normalized spacial score (nSPS) is 17.4. The van der Waals surface area contributed by atoms with E-state index >= 15 is 0 Å². The Bertz CT molecular complexity index is 717. The molecule has 1 atom stereocenters. The van der Waals surface area contributed by atoms with Gasteiger partial charge < -0.3 is 14.2 Å².